The Morgan fingerprint density at radius 1 is 1.50 bits per heavy atom. The Bertz CT molecular complexity index is 689. The van der Waals surface area contributed by atoms with Crippen molar-refractivity contribution in [3.8, 4) is 5.82 Å². The van der Waals surface area contributed by atoms with E-state index < -0.39 is 5.97 Å². The van der Waals surface area contributed by atoms with Crippen LogP contribution in [0.3, 0.4) is 0 Å². The summed E-state index contributed by atoms with van der Waals surface area (Å²) in [6, 6.07) is 0. The van der Waals surface area contributed by atoms with Gasteiger partial charge in [-0.3, -0.25) is 4.79 Å². The number of halogens is 1. The van der Waals surface area contributed by atoms with E-state index in [9.17, 15) is 9.59 Å². The van der Waals surface area contributed by atoms with Gasteiger partial charge in [-0.1, -0.05) is 0 Å². The van der Waals surface area contributed by atoms with Gasteiger partial charge in [0.2, 0.25) is 0 Å². The number of nitrogens with zero attached hydrogens (tertiary/aromatic N) is 3. The van der Waals surface area contributed by atoms with Gasteiger partial charge in [0.05, 0.1) is 17.7 Å². The van der Waals surface area contributed by atoms with Crippen LogP contribution in [-0.4, -0.2) is 30.8 Å². The van der Waals surface area contributed by atoms with E-state index in [-0.39, 0.29) is 11.1 Å². The number of aromatic carboxylic acids is 1. The molecular weight excluding hydrogens is 351 g/mol. The molecule has 0 saturated heterocycles. The molecule has 0 unspecified atom stereocenters. The predicted molar refractivity (Wildman–Crippen MR) is 71.1 cm³/mol. The summed E-state index contributed by atoms with van der Waals surface area (Å²) in [6.07, 6.45) is 1.26. The van der Waals surface area contributed by atoms with E-state index in [2.05, 4.69) is 15.1 Å². The van der Waals surface area contributed by atoms with Gasteiger partial charge in [-0.25, -0.2) is 14.5 Å². The molecule has 0 aliphatic carbocycles. The van der Waals surface area contributed by atoms with Gasteiger partial charge in [0.15, 0.2) is 5.82 Å². The van der Waals surface area contributed by atoms with Crippen LogP contribution in [0.4, 0.5) is 0 Å². The van der Waals surface area contributed by atoms with Crippen LogP contribution < -0.4 is 5.56 Å². The maximum atomic E-state index is 11.5. The highest BCUT2D eigenvalue weighted by atomic mass is 127. The minimum atomic E-state index is -1.05. The van der Waals surface area contributed by atoms with Crippen molar-refractivity contribution in [2.75, 3.05) is 0 Å². The molecule has 18 heavy (non-hydrogen) atoms. The summed E-state index contributed by atoms with van der Waals surface area (Å²) < 4.78 is 1.73. The number of nitrogens with one attached hydrogen (secondary N) is 1. The Labute approximate surface area is 115 Å². The van der Waals surface area contributed by atoms with Crippen LogP contribution in [0.1, 0.15) is 21.7 Å². The summed E-state index contributed by atoms with van der Waals surface area (Å²) in [5.74, 6) is -0.719. The van der Waals surface area contributed by atoms with E-state index in [0.29, 0.717) is 20.8 Å². The van der Waals surface area contributed by atoms with Crippen LogP contribution in [0.2, 0.25) is 0 Å². The summed E-state index contributed by atoms with van der Waals surface area (Å²) in [5.41, 5.74) is 0.673. The van der Waals surface area contributed by atoms with Gasteiger partial charge in [0, 0.05) is 0 Å². The average molecular weight is 360 g/mol. The highest BCUT2D eigenvalue weighted by molar-refractivity contribution is 14.1. The standard InChI is InChI=1S/C10H9IN4O3/c1-4-6(10(17)18)5(2)15(14-4)8-7(11)9(16)13-3-12-8/h3H,1-2H3,(H,17,18)(H,12,13,16). The molecule has 0 aromatic carbocycles. The molecular formula is C10H9IN4O3. The average Bonchev–Trinajstić information content (AvgIpc) is 2.58. The number of aromatic nitrogens is 4. The van der Waals surface area contributed by atoms with Crippen LogP contribution in [0.25, 0.3) is 5.82 Å². The van der Waals surface area contributed by atoms with E-state index in [1.54, 1.807) is 13.8 Å². The molecule has 0 fully saturated rings. The number of aryl methyl sites for hydroxylation is 1. The first-order valence-corrected chi connectivity index (χ1v) is 6.04. The zero-order chi connectivity index (χ0) is 13.4. The second-order valence-corrected chi connectivity index (χ2v) is 4.71. The third-order valence-electron chi connectivity index (χ3n) is 2.48. The first kappa shape index (κ1) is 12.7. The maximum Gasteiger partial charge on any atom is 0.339 e. The Hall–Kier alpha value is -1.71. The number of hydrogen-bond acceptors (Lipinski definition) is 4. The van der Waals surface area contributed by atoms with Crippen molar-refractivity contribution in [2.24, 2.45) is 0 Å². The number of carboxylic acid groups (broad SMARTS) is 1. The molecule has 0 atom stereocenters. The minimum Gasteiger partial charge on any atom is -0.478 e. The third-order valence-corrected chi connectivity index (χ3v) is 3.46. The van der Waals surface area contributed by atoms with Crippen LogP contribution in [0.5, 0.6) is 0 Å². The van der Waals surface area contributed by atoms with E-state index in [4.69, 9.17) is 5.11 Å². The van der Waals surface area contributed by atoms with Crippen molar-refractivity contribution < 1.29 is 9.90 Å². The monoisotopic (exact) mass is 360 g/mol. The Morgan fingerprint density at radius 2 is 2.17 bits per heavy atom. The van der Waals surface area contributed by atoms with Crippen molar-refractivity contribution in [3.63, 3.8) is 0 Å². The molecule has 0 saturated carbocycles. The first-order valence-electron chi connectivity index (χ1n) is 4.96. The Balaban J connectivity index is 2.73. The van der Waals surface area contributed by atoms with Crippen LogP contribution in [0, 0.1) is 17.4 Å². The molecule has 8 heteroatoms. The minimum absolute atomic E-state index is 0.132. The van der Waals surface area contributed by atoms with Gasteiger partial charge in [0.25, 0.3) is 5.56 Å². The topological polar surface area (TPSA) is 101 Å². The van der Waals surface area contributed by atoms with Gasteiger partial charge in [-0.05, 0) is 36.4 Å². The van der Waals surface area contributed by atoms with Crippen molar-refractivity contribution in [1.29, 1.82) is 0 Å². The number of hydrogen-bond donors (Lipinski definition) is 2. The molecule has 94 valence electrons. The molecule has 2 rings (SSSR count). The number of carbonyl (C=O) groups is 1. The summed E-state index contributed by atoms with van der Waals surface area (Å²) in [4.78, 5) is 29.1. The lowest BCUT2D eigenvalue weighted by molar-refractivity contribution is 0.0695. The molecule has 7 nitrogen and oxygen atoms in total. The smallest absolute Gasteiger partial charge is 0.339 e. The van der Waals surface area contributed by atoms with E-state index >= 15 is 0 Å². The Kier molecular flexibility index (Phi) is 3.20. The number of H-pyrrole nitrogens is 1. The second-order valence-electron chi connectivity index (χ2n) is 3.63. The summed E-state index contributed by atoms with van der Waals surface area (Å²) >= 11 is 1.85. The normalized spacial score (nSPS) is 10.6. The summed E-state index contributed by atoms with van der Waals surface area (Å²) in [6.45, 7) is 3.23. The van der Waals surface area contributed by atoms with Crippen LogP contribution in [-0.2, 0) is 0 Å². The number of aromatic amines is 1. The quantitative estimate of drug-likeness (QED) is 0.775. The van der Waals surface area contributed by atoms with Crippen molar-refractivity contribution in [1.82, 2.24) is 19.7 Å². The SMILES string of the molecule is Cc1nn(-c2nc[nH]c(=O)c2I)c(C)c1C(=O)O. The number of carboxylic acids is 1. The molecule has 0 aliphatic rings. The molecule has 0 bridgehead atoms. The second kappa shape index (κ2) is 4.52. The first-order chi connectivity index (χ1) is 8.43. The lowest BCUT2D eigenvalue weighted by Crippen LogP contribution is -2.16. The van der Waals surface area contributed by atoms with Gasteiger partial charge in [-0.2, -0.15) is 5.10 Å². The molecule has 0 aliphatic heterocycles. The zero-order valence-electron chi connectivity index (χ0n) is 9.56. The zero-order valence-corrected chi connectivity index (χ0v) is 11.7. The summed E-state index contributed by atoms with van der Waals surface area (Å²) in [5, 5.41) is 13.2. The molecule has 0 radical (unpaired) electrons. The van der Waals surface area contributed by atoms with Gasteiger partial charge >= 0.3 is 5.97 Å². The molecule has 0 amide bonds. The number of rotatable bonds is 2. The van der Waals surface area contributed by atoms with Crippen molar-refractivity contribution in [3.05, 3.63) is 37.2 Å². The van der Waals surface area contributed by atoms with Gasteiger partial charge in [-0.15, -0.1) is 0 Å². The summed E-state index contributed by atoms with van der Waals surface area (Å²) in [7, 11) is 0. The van der Waals surface area contributed by atoms with Crippen molar-refractivity contribution >= 4 is 28.6 Å². The molecule has 0 spiro atoms. The fourth-order valence-electron chi connectivity index (χ4n) is 1.68. The van der Waals surface area contributed by atoms with Gasteiger partial charge < -0.3 is 10.1 Å². The largest absolute Gasteiger partial charge is 0.478 e. The lowest BCUT2D eigenvalue weighted by Gasteiger charge is -2.04. The van der Waals surface area contributed by atoms with Gasteiger partial charge in [0.1, 0.15) is 9.13 Å². The van der Waals surface area contributed by atoms with E-state index in [0.717, 1.165) is 0 Å². The highest BCUT2D eigenvalue weighted by Gasteiger charge is 2.20. The predicted octanol–water partition coefficient (Wildman–Crippen LogP) is 0.875. The van der Waals surface area contributed by atoms with E-state index in [1.807, 2.05) is 22.6 Å². The third kappa shape index (κ3) is 1.92. The van der Waals surface area contributed by atoms with Crippen molar-refractivity contribution in [2.45, 2.75) is 13.8 Å². The fraction of sp³-hybridized carbons (Fsp3) is 0.200. The van der Waals surface area contributed by atoms with Crippen LogP contribution in [0.15, 0.2) is 11.1 Å². The Morgan fingerprint density at radius 3 is 2.72 bits per heavy atom. The molecule has 2 heterocycles. The fourth-order valence-corrected chi connectivity index (χ4v) is 2.20. The maximum absolute atomic E-state index is 11.5. The molecule has 2 N–H and O–H groups in total. The van der Waals surface area contributed by atoms with E-state index in [1.165, 1.54) is 11.0 Å². The lowest BCUT2D eigenvalue weighted by atomic mass is 10.2. The van der Waals surface area contributed by atoms with Crippen LogP contribution >= 0.6 is 22.6 Å². The molecule has 2 aromatic heterocycles. The highest BCUT2D eigenvalue weighted by Crippen LogP contribution is 2.18. The molecule has 2 aromatic rings.